The van der Waals surface area contributed by atoms with Gasteiger partial charge in [0, 0.05) is 17.2 Å². The Morgan fingerprint density at radius 2 is 1.83 bits per heavy atom. The Hall–Kier alpha value is -3.76. The number of aromatic nitrogens is 4. The van der Waals surface area contributed by atoms with Crippen molar-refractivity contribution in [1.82, 2.24) is 25.1 Å². The molecule has 0 bridgehead atoms. The minimum Gasteiger partial charge on any atom is -0.497 e. The van der Waals surface area contributed by atoms with Crippen molar-refractivity contribution in [1.29, 1.82) is 0 Å². The van der Waals surface area contributed by atoms with Crippen LogP contribution in [0, 0.1) is 0 Å². The fourth-order valence-electron chi connectivity index (χ4n) is 3.13. The highest BCUT2D eigenvalue weighted by atomic mass is 35.5. The van der Waals surface area contributed by atoms with E-state index in [4.69, 9.17) is 42.1 Å². The van der Waals surface area contributed by atoms with Crippen molar-refractivity contribution in [2.75, 3.05) is 34.0 Å². The lowest BCUT2D eigenvalue weighted by Crippen LogP contribution is -2.32. The fourth-order valence-corrected chi connectivity index (χ4v) is 3.47. The first-order valence-electron chi connectivity index (χ1n) is 10.4. The number of hydrogen-bond acceptors (Lipinski definition) is 8. The summed E-state index contributed by atoms with van der Waals surface area (Å²) in [5, 5.41) is 16.4. The molecule has 2 aromatic heterocycles. The Morgan fingerprint density at radius 3 is 2.63 bits per heavy atom. The molecular weight excluding hydrogens is 497 g/mol. The number of fused-ring (bicyclic) bond motifs is 1. The first-order valence-corrected chi connectivity index (χ1v) is 11.2. The normalized spacial score (nSPS) is 10.7. The van der Waals surface area contributed by atoms with Gasteiger partial charge in [0.2, 0.25) is 5.88 Å². The lowest BCUT2D eigenvalue weighted by Gasteiger charge is -2.10. The number of amides is 1. The van der Waals surface area contributed by atoms with Crippen LogP contribution in [0.2, 0.25) is 10.0 Å². The van der Waals surface area contributed by atoms with E-state index in [0.29, 0.717) is 50.2 Å². The number of hydrogen-bond donors (Lipinski definition) is 1. The van der Waals surface area contributed by atoms with Gasteiger partial charge in [-0.2, -0.15) is 4.52 Å². The van der Waals surface area contributed by atoms with Gasteiger partial charge in [-0.05, 0) is 36.4 Å². The number of carbonyl (C=O) groups excluding carboxylic acids is 1. The smallest absolute Gasteiger partial charge is 0.258 e. The Morgan fingerprint density at radius 1 is 0.971 bits per heavy atom. The van der Waals surface area contributed by atoms with Gasteiger partial charge in [-0.25, -0.2) is 0 Å². The van der Waals surface area contributed by atoms with Crippen molar-refractivity contribution >= 4 is 34.8 Å². The summed E-state index contributed by atoms with van der Waals surface area (Å²) >= 11 is 11.9. The van der Waals surface area contributed by atoms with Gasteiger partial charge < -0.3 is 24.3 Å². The second-order valence-electron chi connectivity index (χ2n) is 7.09. The van der Waals surface area contributed by atoms with Crippen LogP contribution in [0.1, 0.15) is 0 Å². The summed E-state index contributed by atoms with van der Waals surface area (Å²) in [6, 6.07) is 13.5. The van der Waals surface area contributed by atoms with Crippen molar-refractivity contribution in [3.63, 3.8) is 0 Å². The highest BCUT2D eigenvalue weighted by molar-refractivity contribution is 6.34. The molecule has 12 heteroatoms. The van der Waals surface area contributed by atoms with E-state index in [9.17, 15) is 4.79 Å². The van der Waals surface area contributed by atoms with Crippen molar-refractivity contribution in [3.05, 3.63) is 58.6 Å². The van der Waals surface area contributed by atoms with Gasteiger partial charge in [-0.3, -0.25) is 4.79 Å². The van der Waals surface area contributed by atoms with E-state index >= 15 is 0 Å². The Kier molecular flexibility index (Phi) is 7.74. The molecule has 0 fully saturated rings. The van der Waals surface area contributed by atoms with Crippen LogP contribution in [0.5, 0.6) is 23.1 Å². The second-order valence-corrected chi connectivity index (χ2v) is 7.94. The molecule has 35 heavy (non-hydrogen) atoms. The maximum absolute atomic E-state index is 12.1. The molecule has 0 spiro atoms. The Bertz CT molecular complexity index is 1350. The minimum absolute atomic E-state index is 0.183. The lowest BCUT2D eigenvalue weighted by molar-refractivity contribution is -0.123. The van der Waals surface area contributed by atoms with Crippen LogP contribution in [-0.2, 0) is 4.79 Å². The second kappa shape index (κ2) is 11.1. The molecule has 0 saturated carbocycles. The van der Waals surface area contributed by atoms with Crippen molar-refractivity contribution < 1.29 is 23.7 Å². The third kappa shape index (κ3) is 5.84. The molecule has 4 rings (SSSR count). The van der Waals surface area contributed by atoms with Crippen LogP contribution in [0.4, 0.5) is 0 Å². The minimum atomic E-state index is -0.334. The average molecular weight is 518 g/mol. The predicted molar refractivity (Wildman–Crippen MR) is 130 cm³/mol. The van der Waals surface area contributed by atoms with Crippen molar-refractivity contribution in [3.8, 4) is 34.5 Å². The summed E-state index contributed by atoms with van der Waals surface area (Å²) in [6.45, 7) is 0.211. The number of rotatable bonds is 10. The first kappa shape index (κ1) is 24.4. The number of halogens is 2. The van der Waals surface area contributed by atoms with Gasteiger partial charge in [0.25, 0.3) is 5.91 Å². The molecule has 0 unspecified atom stereocenters. The SMILES string of the molecule is COc1ccc(OC)c(-c2nnc3ccc(OCCNC(=O)COc4cc(Cl)ccc4Cl)nn23)c1. The van der Waals surface area contributed by atoms with Gasteiger partial charge in [0.15, 0.2) is 18.1 Å². The van der Waals surface area contributed by atoms with Gasteiger partial charge in [-0.1, -0.05) is 23.2 Å². The van der Waals surface area contributed by atoms with Crippen molar-refractivity contribution in [2.45, 2.75) is 0 Å². The zero-order chi connectivity index (χ0) is 24.8. The molecule has 2 aromatic carbocycles. The van der Waals surface area contributed by atoms with E-state index in [2.05, 4.69) is 20.6 Å². The van der Waals surface area contributed by atoms with Gasteiger partial charge >= 0.3 is 0 Å². The zero-order valence-electron chi connectivity index (χ0n) is 18.8. The van der Waals surface area contributed by atoms with E-state index in [1.165, 1.54) is 0 Å². The van der Waals surface area contributed by atoms with Crippen LogP contribution in [0.25, 0.3) is 17.0 Å². The van der Waals surface area contributed by atoms with Gasteiger partial charge in [-0.15, -0.1) is 15.3 Å². The van der Waals surface area contributed by atoms with Crippen LogP contribution in [0.15, 0.2) is 48.5 Å². The topological polar surface area (TPSA) is 109 Å². The summed E-state index contributed by atoms with van der Waals surface area (Å²) in [7, 11) is 3.15. The van der Waals surface area contributed by atoms with Crippen LogP contribution >= 0.6 is 23.2 Å². The first-order chi connectivity index (χ1) is 17.0. The number of nitrogens with zero attached hydrogens (tertiary/aromatic N) is 4. The van der Waals surface area contributed by atoms with Crippen molar-refractivity contribution in [2.24, 2.45) is 0 Å². The molecular formula is C23H21Cl2N5O5. The number of ether oxygens (including phenoxy) is 4. The van der Waals surface area contributed by atoms with Crippen LogP contribution < -0.4 is 24.3 Å². The third-order valence-electron chi connectivity index (χ3n) is 4.81. The summed E-state index contributed by atoms with van der Waals surface area (Å²) < 4.78 is 23.4. The molecule has 1 N–H and O–H groups in total. The molecule has 182 valence electrons. The molecule has 0 aliphatic heterocycles. The summed E-state index contributed by atoms with van der Waals surface area (Å²) in [5.41, 5.74) is 1.19. The standard InChI is InChI=1S/C23H21Cl2N5O5/c1-32-15-4-6-18(33-2)16(12-15)23-28-27-20-7-8-22(29-30(20)23)34-10-9-26-21(31)13-35-19-11-14(24)3-5-17(19)25/h3-8,11-12H,9-10,13H2,1-2H3,(H,26,31). The number of carbonyl (C=O) groups is 1. The Balaban J connectivity index is 1.36. The van der Waals surface area contributed by atoms with E-state index in [0.717, 1.165) is 0 Å². The van der Waals surface area contributed by atoms with E-state index in [1.54, 1.807) is 67.3 Å². The number of methoxy groups -OCH3 is 2. The monoisotopic (exact) mass is 517 g/mol. The molecule has 1 amide bonds. The highest BCUT2D eigenvalue weighted by Gasteiger charge is 2.16. The molecule has 10 nitrogen and oxygen atoms in total. The largest absolute Gasteiger partial charge is 0.497 e. The maximum atomic E-state index is 12.1. The maximum Gasteiger partial charge on any atom is 0.258 e. The molecule has 0 saturated heterocycles. The zero-order valence-corrected chi connectivity index (χ0v) is 20.3. The van der Waals surface area contributed by atoms with E-state index in [1.807, 2.05) is 0 Å². The Labute approximate surface area is 210 Å². The lowest BCUT2D eigenvalue weighted by atomic mass is 10.2. The molecule has 4 aromatic rings. The van der Waals surface area contributed by atoms with E-state index in [-0.39, 0.29) is 25.7 Å². The van der Waals surface area contributed by atoms with Crippen LogP contribution in [-0.4, -0.2) is 59.7 Å². The summed E-state index contributed by atoms with van der Waals surface area (Å²) in [6.07, 6.45) is 0. The summed E-state index contributed by atoms with van der Waals surface area (Å²) in [4.78, 5) is 12.1. The van der Waals surface area contributed by atoms with E-state index < -0.39 is 0 Å². The molecule has 2 heterocycles. The predicted octanol–water partition coefficient (Wildman–Crippen LogP) is 3.69. The van der Waals surface area contributed by atoms with Crippen LogP contribution in [0.3, 0.4) is 0 Å². The van der Waals surface area contributed by atoms with Gasteiger partial charge in [0.05, 0.1) is 31.4 Å². The third-order valence-corrected chi connectivity index (χ3v) is 5.36. The molecule has 0 aliphatic rings. The molecule has 0 aliphatic carbocycles. The average Bonchev–Trinajstić information content (AvgIpc) is 3.29. The number of benzene rings is 2. The number of nitrogens with one attached hydrogen (secondary N) is 1. The van der Waals surface area contributed by atoms with Gasteiger partial charge in [0.1, 0.15) is 23.9 Å². The molecule has 0 atom stereocenters. The quantitative estimate of drug-likeness (QED) is 0.317. The summed E-state index contributed by atoms with van der Waals surface area (Å²) in [5.74, 6) is 2.03. The highest BCUT2D eigenvalue weighted by Crippen LogP contribution is 2.32. The fraction of sp³-hybridized carbons (Fsp3) is 0.217. The molecule has 0 radical (unpaired) electrons.